The molecule has 0 bridgehead atoms. The first-order chi connectivity index (χ1) is 17.1. The minimum absolute atomic E-state index is 0.262. The lowest BCUT2D eigenvalue weighted by Gasteiger charge is -2.21. The van der Waals surface area contributed by atoms with Gasteiger partial charge < -0.3 is 19.1 Å². The van der Waals surface area contributed by atoms with E-state index >= 15 is 0 Å². The summed E-state index contributed by atoms with van der Waals surface area (Å²) < 4.78 is 10.9. The maximum atomic E-state index is 12.5. The third-order valence-electron chi connectivity index (χ3n) is 6.05. The molecule has 5 aromatic rings. The normalized spacial score (nSPS) is 11.4. The number of aromatic nitrogens is 2. The first kappa shape index (κ1) is 22.7. The van der Waals surface area contributed by atoms with Crippen LogP contribution in [0.25, 0.3) is 10.9 Å². The fraction of sp³-hybridized carbons (Fsp3) is 0.214. The van der Waals surface area contributed by atoms with Crippen LogP contribution in [-0.2, 0) is 26.1 Å². The van der Waals surface area contributed by atoms with Crippen molar-refractivity contribution in [1.29, 1.82) is 0 Å². The molecule has 0 aliphatic carbocycles. The molecule has 0 unspecified atom stereocenters. The number of amides is 1. The highest BCUT2D eigenvalue weighted by molar-refractivity contribution is 5.91. The number of aromatic amines is 1. The fourth-order valence-electron chi connectivity index (χ4n) is 4.13. The lowest BCUT2D eigenvalue weighted by atomic mass is 10.1. The summed E-state index contributed by atoms with van der Waals surface area (Å²) in [6.45, 7) is 4.47. The number of H-pyrrole nitrogens is 1. The molecule has 178 valence electrons. The summed E-state index contributed by atoms with van der Waals surface area (Å²) in [5.41, 5.74) is 5.14. The van der Waals surface area contributed by atoms with Crippen molar-refractivity contribution in [3.05, 3.63) is 113 Å². The number of hydrogen-bond acceptors (Lipinski definition) is 5. The minimum Gasteiger partial charge on any atom is -0.467 e. The van der Waals surface area contributed by atoms with Crippen molar-refractivity contribution in [1.82, 2.24) is 20.2 Å². The van der Waals surface area contributed by atoms with E-state index in [1.807, 2.05) is 12.1 Å². The van der Waals surface area contributed by atoms with Gasteiger partial charge in [-0.25, -0.2) is 4.98 Å². The molecular formula is C28H28N4O3. The Kier molecular flexibility index (Phi) is 6.77. The Hall–Kier alpha value is -4.10. The van der Waals surface area contributed by atoms with Crippen LogP contribution in [-0.4, -0.2) is 27.3 Å². The molecule has 35 heavy (non-hydrogen) atoms. The number of fused-ring (bicyclic) bond motifs is 1. The van der Waals surface area contributed by atoms with E-state index in [1.165, 1.54) is 28.3 Å². The van der Waals surface area contributed by atoms with Gasteiger partial charge in [-0.05, 0) is 42.7 Å². The Morgan fingerprint density at radius 1 is 1.03 bits per heavy atom. The SMILES string of the molecule is Cc1ccc(CN(CCc2c[nH]c3ccccc23)Cc2nc(C(=O)NCc3ccco3)co2)cc1. The summed E-state index contributed by atoms with van der Waals surface area (Å²) >= 11 is 0. The number of rotatable bonds is 10. The zero-order valence-corrected chi connectivity index (χ0v) is 19.7. The number of carbonyl (C=O) groups is 1. The third kappa shape index (κ3) is 5.70. The van der Waals surface area contributed by atoms with E-state index in [1.54, 1.807) is 12.3 Å². The highest BCUT2D eigenvalue weighted by atomic mass is 16.3. The summed E-state index contributed by atoms with van der Waals surface area (Å²) in [4.78, 5) is 22.6. The van der Waals surface area contributed by atoms with E-state index in [0.717, 1.165) is 25.0 Å². The summed E-state index contributed by atoms with van der Waals surface area (Å²) in [5, 5.41) is 4.05. The molecule has 3 heterocycles. The van der Waals surface area contributed by atoms with Gasteiger partial charge in [-0.1, -0.05) is 48.0 Å². The van der Waals surface area contributed by atoms with Crippen molar-refractivity contribution >= 4 is 16.8 Å². The van der Waals surface area contributed by atoms with Crippen molar-refractivity contribution in [3.8, 4) is 0 Å². The summed E-state index contributed by atoms with van der Waals surface area (Å²) in [5.74, 6) is 0.906. The summed E-state index contributed by atoms with van der Waals surface area (Å²) in [6, 6.07) is 20.5. The number of carbonyl (C=O) groups excluding carboxylic acids is 1. The van der Waals surface area contributed by atoms with E-state index in [-0.39, 0.29) is 11.6 Å². The van der Waals surface area contributed by atoms with Gasteiger partial charge in [0.1, 0.15) is 12.0 Å². The van der Waals surface area contributed by atoms with Gasteiger partial charge in [-0.3, -0.25) is 9.69 Å². The standard InChI is InChI=1S/C28H28N4O3/c1-20-8-10-21(11-9-20)17-32(13-12-22-15-29-25-7-3-2-6-24(22)25)18-27-31-26(19-35-27)28(33)30-16-23-5-4-14-34-23/h2-11,14-15,19,29H,12-13,16-18H2,1H3,(H,30,33). The van der Waals surface area contributed by atoms with Crippen molar-refractivity contribution in [2.24, 2.45) is 0 Å². The first-order valence-corrected chi connectivity index (χ1v) is 11.7. The second-order valence-corrected chi connectivity index (χ2v) is 8.69. The maximum Gasteiger partial charge on any atom is 0.273 e. The van der Waals surface area contributed by atoms with Gasteiger partial charge in [-0.2, -0.15) is 0 Å². The number of benzene rings is 2. The molecule has 0 radical (unpaired) electrons. The molecule has 7 nitrogen and oxygen atoms in total. The molecule has 0 aliphatic heterocycles. The van der Waals surface area contributed by atoms with E-state index in [2.05, 4.69) is 75.8 Å². The molecule has 2 N–H and O–H groups in total. The van der Waals surface area contributed by atoms with Crippen molar-refractivity contribution in [2.75, 3.05) is 6.54 Å². The van der Waals surface area contributed by atoms with Crippen molar-refractivity contribution in [2.45, 2.75) is 33.0 Å². The van der Waals surface area contributed by atoms with E-state index in [4.69, 9.17) is 8.83 Å². The molecule has 0 spiro atoms. The average Bonchev–Trinajstić information content (AvgIpc) is 3.64. The van der Waals surface area contributed by atoms with Gasteiger partial charge in [0.15, 0.2) is 5.69 Å². The molecular weight excluding hydrogens is 440 g/mol. The Morgan fingerprint density at radius 2 is 1.89 bits per heavy atom. The number of hydrogen-bond donors (Lipinski definition) is 2. The van der Waals surface area contributed by atoms with Crippen molar-refractivity contribution in [3.63, 3.8) is 0 Å². The number of nitrogens with zero attached hydrogens (tertiary/aromatic N) is 2. The van der Waals surface area contributed by atoms with Gasteiger partial charge in [0.25, 0.3) is 5.91 Å². The van der Waals surface area contributed by atoms with Crippen LogP contribution in [0, 0.1) is 6.92 Å². The molecule has 3 aromatic heterocycles. The van der Waals surface area contributed by atoms with Gasteiger partial charge in [-0.15, -0.1) is 0 Å². The second kappa shape index (κ2) is 10.4. The molecule has 0 fully saturated rings. The summed E-state index contributed by atoms with van der Waals surface area (Å²) in [7, 11) is 0. The molecule has 0 saturated carbocycles. The predicted molar refractivity (Wildman–Crippen MR) is 134 cm³/mol. The lowest BCUT2D eigenvalue weighted by molar-refractivity contribution is 0.0943. The fourth-order valence-corrected chi connectivity index (χ4v) is 4.13. The van der Waals surface area contributed by atoms with Crippen LogP contribution in [0.3, 0.4) is 0 Å². The third-order valence-corrected chi connectivity index (χ3v) is 6.05. The van der Waals surface area contributed by atoms with Crippen LogP contribution in [0.5, 0.6) is 0 Å². The van der Waals surface area contributed by atoms with Crippen LogP contribution in [0.1, 0.15) is 38.8 Å². The zero-order chi connectivity index (χ0) is 24.0. The second-order valence-electron chi connectivity index (χ2n) is 8.69. The van der Waals surface area contributed by atoms with Gasteiger partial charge in [0, 0.05) is 30.2 Å². The number of para-hydroxylation sites is 1. The Morgan fingerprint density at radius 3 is 2.71 bits per heavy atom. The van der Waals surface area contributed by atoms with Crippen LogP contribution in [0.15, 0.2) is 88.2 Å². The van der Waals surface area contributed by atoms with Gasteiger partial charge in [0.05, 0.1) is 19.4 Å². The van der Waals surface area contributed by atoms with Crippen LogP contribution in [0.2, 0.25) is 0 Å². The molecule has 1 amide bonds. The molecule has 2 aromatic carbocycles. The van der Waals surface area contributed by atoms with Crippen molar-refractivity contribution < 1.29 is 13.6 Å². The Balaban J connectivity index is 1.27. The smallest absolute Gasteiger partial charge is 0.273 e. The number of aryl methyl sites for hydroxylation is 1. The van der Waals surface area contributed by atoms with Gasteiger partial charge >= 0.3 is 0 Å². The predicted octanol–water partition coefficient (Wildman–Crippen LogP) is 5.23. The monoisotopic (exact) mass is 468 g/mol. The van der Waals surface area contributed by atoms with Crippen LogP contribution in [0.4, 0.5) is 0 Å². The Labute approximate surface area is 203 Å². The largest absolute Gasteiger partial charge is 0.467 e. The van der Waals surface area contributed by atoms with E-state index in [9.17, 15) is 4.79 Å². The van der Waals surface area contributed by atoms with E-state index < -0.39 is 0 Å². The molecule has 0 aliphatic rings. The quantitative estimate of drug-likeness (QED) is 0.293. The maximum absolute atomic E-state index is 12.5. The number of oxazole rings is 1. The molecule has 0 saturated heterocycles. The summed E-state index contributed by atoms with van der Waals surface area (Å²) in [6.07, 6.45) is 5.96. The molecule has 0 atom stereocenters. The van der Waals surface area contributed by atoms with Gasteiger partial charge in [0.2, 0.25) is 5.89 Å². The van der Waals surface area contributed by atoms with E-state index in [0.29, 0.717) is 24.7 Å². The number of nitrogens with one attached hydrogen (secondary N) is 2. The van der Waals surface area contributed by atoms with Crippen LogP contribution < -0.4 is 5.32 Å². The lowest BCUT2D eigenvalue weighted by Crippen LogP contribution is -2.26. The highest BCUT2D eigenvalue weighted by Gasteiger charge is 2.16. The average molecular weight is 469 g/mol. The molecule has 7 heteroatoms. The zero-order valence-electron chi connectivity index (χ0n) is 19.7. The molecule has 5 rings (SSSR count). The first-order valence-electron chi connectivity index (χ1n) is 11.7. The minimum atomic E-state index is -0.291. The highest BCUT2D eigenvalue weighted by Crippen LogP contribution is 2.19. The topological polar surface area (TPSA) is 87.3 Å². The van der Waals surface area contributed by atoms with Crippen LogP contribution >= 0.6 is 0 Å². The Bertz CT molecular complexity index is 1380. The number of furan rings is 1.